The van der Waals surface area contributed by atoms with Crippen LogP contribution >= 0.6 is 34.3 Å². The van der Waals surface area contributed by atoms with E-state index in [1.807, 2.05) is 28.5 Å². The molecule has 1 aliphatic heterocycles. The average molecular weight is 412 g/mol. The molecule has 0 spiro atoms. The zero-order valence-electron chi connectivity index (χ0n) is 14.6. The molecule has 1 N–H and O–H groups in total. The van der Waals surface area contributed by atoms with Crippen LogP contribution < -0.4 is 5.32 Å². The third kappa shape index (κ3) is 5.30. The fourth-order valence-electron chi connectivity index (χ4n) is 3.07. The third-order valence-corrected chi connectivity index (χ3v) is 6.58. The fourth-order valence-corrected chi connectivity index (χ4v) is 4.98. The van der Waals surface area contributed by atoms with Crippen LogP contribution in [0.3, 0.4) is 0 Å². The van der Waals surface area contributed by atoms with Gasteiger partial charge in [-0.15, -0.1) is 22.7 Å². The molecule has 5 nitrogen and oxygen atoms in total. The molecule has 1 atom stereocenters. The second-order valence-electron chi connectivity index (χ2n) is 6.34. The summed E-state index contributed by atoms with van der Waals surface area (Å²) >= 11 is 9.15. The van der Waals surface area contributed by atoms with E-state index in [1.54, 1.807) is 22.7 Å². The largest absolute Gasteiger partial charge is 0.348 e. The Morgan fingerprint density at radius 1 is 1.23 bits per heavy atom. The van der Waals surface area contributed by atoms with E-state index < -0.39 is 0 Å². The van der Waals surface area contributed by atoms with Crippen molar-refractivity contribution in [3.05, 3.63) is 43.7 Å². The van der Waals surface area contributed by atoms with Crippen LogP contribution in [0.2, 0.25) is 4.34 Å². The summed E-state index contributed by atoms with van der Waals surface area (Å²) in [6.45, 7) is 5.50. The van der Waals surface area contributed by atoms with E-state index in [-0.39, 0.29) is 17.9 Å². The molecule has 26 heavy (non-hydrogen) atoms. The second kappa shape index (κ2) is 8.99. The van der Waals surface area contributed by atoms with E-state index in [0.717, 1.165) is 41.9 Å². The Hall–Kier alpha value is -1.41. The van der Waals surface area contributed by atoms with Crippen molar-refractivity contribution in [2.75, 3.05) is 26.2 Å². The SMILES string of the molecule is CC(=O)NC(CC(=O)N1CCN(Cc2ccc(Cl)s2)CC1)c1cccs1. The first-order valence-electron chi connectivity index (χ1n) is 8.56. The Kier molecular flexibility index (Phi) is 6.69. The van der Waals surface area contributed by atoms with E-state index in [1.165, 1.54) is 11.8 Å². The van der Waals surface area contributed by atoms with Gasteiger partial charge in [-0.2, -0.15) is 0 Å². The molecular weight excluding hydrogens is 390 g/mol. The number of nitrogens with zero attached hydrogens (tertiary/aromatic N) is 2. The molecule has 1 aliphatic rings. The van der Waals surface area contributed by atoms with Crippen LogP contribution in [0.1, 0.15) is 29.1 Å². The molecule has 3 rings (SSSR count). The van der Waals surface area contributed by atoms with Gasteiger partial charge in [-0.1, -0.05) is 17.7 Å². The molecule has 0 radical (unpaired) electrons. The number of thiophene rings is 2. The van der Waals surface area contributed by atoms with Crippen molar-refractivity contribution in [1.82, 2.24) is 15.1 Å². The highest BCUT2D eigenvalue weighted by molar-refractivity contribution is 7.16. The minimum absolute atomic E-state index is 0.0935. The zero-order chi connectivity index (χ0) is 18.5. The third-order valence-electron chi connectivity index (χ3n) is 4.38. The Balaban J connectivity index is 1.51. The predicted molar refractivity (Wildman–Crippen MR) is 107 cm³/mol. The fraction of sp³-hybridized carbons (Fsp3) is 0.444. The molecule has 1 unspecified atom stereocenters. The van der Waals surface area contributed by atoms with Gasteiger partial charge >= 0.3 is 0 Å². The number of carbonyl (C=O) groups excluding carboxylic acids is 2. The van der Waals surface area contributed by atoms with Crippen molar-refractivity contribution >= 4 is 46.1 Å². The Morgan fingerprint density at radius 3 is 2.58 bits per heavy atom. The van der Waals surface area contributed by atoms with Gasteiger partial charge < -0.3 is 10.2 Å². The zero-order valence-corrected chi connectivity index (χ0v) is 17.0. The first-order chi connectivity index (χ1) is 12.5. The molecule has 3 heterocycles. The molecule has 0 aliphatic carbocycles. The lowest BCUT2D eigenvalue weighted by atomic mass is 10.1. The molecule has 2 aromatic rings. The van der Waals surface area contributed by atoms with Crippen molar-refractivity contribution in [2.24, 2.45) is 0 Å². The van der Waals surface area contributed by atoms with Crippen LogP contribution in [0.5, 0.6) is 0 Å². The molecule has 0 aromatic carbocycles. The molecule has 1 fully saturated rings. The van der Waals surface area contributed by atoms with Gasteiger partial charge in [0, 0.05) is 49.4 Å². The van der Waals surface area contributed by atoms with E-state index in [0.29, 0.717) is 6.42 Å². The van der Waals surface area contributed by atoms with Gasteiger partial charge in [-0.3, -0.25) is 14.5 Å². The van der Waals surface area contributed by atoms with E-state index in [9.17, 15) is 9.59 Å². The number of carbonyl (C=O) groups is 2. The highest BCUT2D eigenvalue weighted by atomic mass is 35.5. The number of nitrogens with one attached hydrogen (secondary N) is 1. The maximum Gasteiger partial charge on any atom is 0.225 e. The summed E-state index contributed by atoms with van der Waals surface area (Å²) in [6.07, 6.45) is 0.306. The first kappa shape index (κ1) is 19.4. The van der Waals surface area contributed by atoms with Crippen LogP contribution in [-0.4, -0.2) is 47.8 Å². The summed E-state index contributed by atoms with van der Waals surface area (Å²) in [5.74, 6) is -0.0217. The topological polar surface area (TPSA) is 52.7 Å². The van der Waals surface area contributed by atoms with Crippen LogP contribution in [-0.2, 0) is 16.1 Å². The van der Waals surface area contributed by atoms with Crippen LogP contribution in [0, 0.1) is 0 Å². The maximum absolute atomic E-state index is 12.7. The van der Waals surface area contributed by atoms with E-state index in [4.69, 9.17) is 11.6 Å². The molecule has 8 heteroatoms. The van der Waals surface area contributed by atoms with Crippen molar-refractivity contribution in [3.63, 3.8) is 0 Å². The quantitative estimate of drug-likeness (QED) is 0.792. The summed E-state index contributed by atoms with van der Waals surface area (Å²) in [5, 5.41) is 4.86. The minimum Gasteiger partial charge on any atom is -0.348 e. The molecule has 1 saturated heterocycles. The van der Waals surface area contributed by atoms with Gasteiger partial charge in [0.05, 0.1) is 16.8 Å². The van der Waals surface area contributed by atoms with Gasteiger partial charge in [-0.25, -0.2) is 0 Å². The number of hydrogen-bond donors (Lipinski definition) is 1. The van der Waals surface area contributed by atoms with Gasteiger partial charge in [-0.05, 0) is 23.6 Å². The lowest BCUT2D eigenvalue weighted by Crippen LogP contribution is -2.48. The number of amides is 2. The molecule has 0 bridgehead atoms. The molecule has 2 aromatic heterocycles. The van der Waals surface area contributed by atoms with Gasteiger partial charge in [0.15, 0.2) is 0 Å². The van der Waals surface area contributed by atoms with Crippen molar-refractivity contribution in [2.45, 2.75) is 25.9 Å². The summed E-state index contributed by atoms with van der Waals surface area (Å²) in [6, 6.07) is 7.64. The lowest BCUT2D eigenvalue weighted by molar-refractivity contribution is -0.133. The monoisotopic (exact) mass is 411 g/mol. The normalized spacial score (nSPS) is 16.5. The van der Waals surface area contributed by atoms with E-state index >= 15 is 0 Å². The van der Waals surface area contributed by atoms with E-state index in [2.05, 4.69) is 16.3 Å². The summed E-state index contributed by atoms with van der Waals surface area (Å²) in [7, 11) is 0. The van der Waals surface area contributed by atoms with Gasteiger partial charge in [0.1, 0.15) is 0 Å². The number of piperazine rings is 1. The predicted octanol–water partition coefficient (Wildman–Crippen LogP) is 3.37. The Bertz CT molecular complexity index is 739. The standard InChI is InChI=1S/C18H22ClN3O2S2/c1-13(23)20-15(16-3-2-10-25-16)11-18(24)22-8-6-21(7-9-22)12-14-4-5-17(19)26-14/h2-5,10,15H,6-9,11-12H2,1H3,(H,20,23). The summed E-state index contributed by atoms with van der Waals surface area (Å²) < 4.78 is 0.811. The van der Waals surface area contributed by atoms with Crippen molar-refractivity contribution in [1.29, 1.82) is 0 Å². The van der Waals surface area contributed by atoms with Gasteiger partial charge in [0.2, 0.25) is 11.8 Å². The molecular formula is C18H22ClN3O2S2. The number of halogens is 1. The lowest BCUT2D eigenvalue weighted by Gasteiger charge is -2.35. The Morgan fingerprint density at radius 2 is 2.00 bits per heavy atom. The molecule has 140 valence electrons. The van der Waals surface area contributed by atoms with Crippen LogP contribution in [0.4, 0.5) is 0 Å². The number of hydrogen-bond acceptors (Lipinski definition) is 5. The highest BCUT2D eigenvalue weighted by Gasteiger charge is 2.25. The number of rotatable bonds is 6. The van der Waals surface area contributed by atoms with Gasteiger partial charge in [0.25, 0.3) is 0 Å². The molecule has 0 saturated carbocycles. The average Bonchev–Trinajstić information content (AvgIpc) is 3.26. The van der Waals surface area contributed by atoms with Crippen molar-refractivity contribution < 1.29 is 9.59 Å². The smallest absolute Gasteiger partial charge is 0.225 e. The minimum atomic E-state index is -0.244. The molecule has 2 amide bonds. The summed E-state index contributed by atoms with van der Waals surface area (Å²) in [5.41, 5.74) is 0. The second-order valence-corrected chi connectivity index (χ2v) is 9.11. The first-order valence-corrected chi connectivity index (χ1v) is 10.6. The van der Waals surface area contributed by atoms with Crippen LogP contribution in [0.15, 0.2) is 29.6 Å². The maximum atomic E-state index is 12.7. The Labute approximate surface area is 166 Å². The summed E-state index contributed by atoms with van der Waals surface area (Å²) in [4.78, 5) is 30.7. The highest BCUT2D eigenvalue weighted by Crippen LogP contribution is 2.25. The van der Waals surface area contributed by atoms with Crippen molar-refractivity contribution in [3.8, 4) is 0 Å². The van der Waals surface area contributed by atoms with Crippen LogP contribution in [0.25, 0.3) is 0 Å².